The molecule has 0 aromatic heterocycles. The van der Waals surface area contributed by atoms with E-state index in [4.69, 9.17) is 27.9 Å². The van der Waals surface area contributed by atoms with E-state index in [1.165, 1.54) is 11.8 Å². The Kier molecular flexibility index (Phi) is 11.7. The molecule has 47 heavy (non-hydrogen) atoms. The highest BCUT2D eigenvalue weighted by atomic mass is 35.5. The Morgan fingerprint density at radius 1 is 0.702 bits per heavy atom. The van der Waals surface area contributed by atoms with Crippen LogP contribution in [0.25, 0.3) is 6.08 Å². The number of carbonyl (C=O) groups is 3. The van der Waals surface area contributed by atoms with Gasteiger partial charge in [-0.1, -0.05) is 83.9 Å². The summed E-state index contributed by atoms with van der Waals surface area (Å²) in [6.45, 7) is 0.430. The van der Waals surface area contributed by atoms with Crippen molar-refractivity contribution in [2.75, 3.05) is 16.4 Å². The molecule has 0 aliphatic heterocycles. The van der Waals surface area contributed by atoms with Gasteiger partial charge in [-0.3, -0.25) is 14.4 Å². The van der Waals surface area contributed by atoms with Crippen LogP contribution in [0.5, 0.6) is 5.75 Å². The summed E-state index contributed by atoms with van der Waals surface area (Å²) in [6.07, 6.45) is 1.60. The predicted molar refractivity (Wildman–Crippen MR) is 190 cm³/mol. The maximum Gasteiger partial charge on any atom is 0.272 e. The lowest BCUT2D eigenvalue weighted by Gasteiger charge is -2.12. The molecule has 0 radical (unpaired) electrons. The van der Waals surface area contributed by atoms with Gasteiger partial charge in [-0.25, -0.2) is 0 Å². The van der Waals surface area contributed by atoms with Crippen molar-refractivity contribution >= 4 is 70.1 Å². The van der Waals surface area contributed by atoms with Crippen molar-refractivity contribution in [1.82, 2.24) is 5.32 Å². The van der Waals surface area contributed by atoms with Gasteiger partial charge in [0, 0.05) is 31.9 Å². The number of amides is 3. The molecule has 7 nitrogen and oxygen atoms in total. The molecule has 0 unspecified atom stereocenters. The van der Waals surface area contributed by atoms with E-state index in [1.807, 2.05) is 60.7 Å². The fourth-order valence-corrected chi connectivity index (χ4v) is 5.54. The first-order valence-corrected chi connectivity index (χ1v) is 16.2. The smallest absolute Gasteiger partial charge is 0.272 e. The van der Waals surface area contributed by atoms with Gasteiger partial charge in [0.1, 0.15) is 18.1 Å². The molecular weight excluding hydrogens is 653 g/mol. The lowest BCUT2D eigenvalue weighted by molar-refractivity contribution is -0.114. The Morgan fingerprint density at radius 2 is 1.34 bits per heavy atom. The van der Waals surface area contributed by atoms with Crippen LogP contribution >= 0.6 is 35.0 Å². The zero-order valence-electron chi connectivity index (χ0n) is 24.9. The van der Waals surface area contributed by atoms with Gasteiger partial charge in [-0.05, 0) is 83.9 Å². The minimum atomic E-state index is -0.501. The van der Waals surface area contributed by atoms with Crippen LogP contribution < -0.4 is 20.7 Å². The van der Waals surface area contributed by atoms with Gasteiger partial charge in [-0.15, -0.1) is 11.8 Å². The van der Waals surface area contributed by atoms with Crippen LogP contribution in [0.4, 0.5) is 11.4 Å². The molecule has 0 saturated heterocycles. The Balaban J connectivity index is 1.23. The van der Waals surface area contributed by atoms with E-state index in [0.717, 1.165) is 10.5 Å². The molecule has 0 spiro atoms. The van der Waals surface area contributed by atoms with Gasteiger partial charge in [-0.2, -0.15) is 0 Å². The Hall–Kier alpha value is -5.02. The lowest BCUT2D eigenvalue weighted by atomic mass is 10.1. The third-order valence-electron chi connectivity index (χ3n) is 6.60. The van der Waals surface area contributed by atoms with Gasteiger partial charge in [0.2, 0.25) is 5.91 Å². The van der Waals surface area contributed by atoms with Crippen molar-refractivity contribution in [2.24, 2.45) is 0 Å². The predicted octanol–water partition coefficient (Wildman–Crippen LogP) is 8.71. The number of nitrogens with one attached hydrogen (secondary N) is 3. The van der Waals surface area contributed by atoms with E-state index in [1.54, 1.807) is 72.8 Å². The van der Waals surface area contributed by atoms with Gasteiger partial charge in [0.15, 0.2) is 0 Å². The molecule has 0 aliphatic rings. The second kappa shape index (κ2) is 16.5. The van der Waals surface area contributed by atoms with Crippen LogP contribution in [0.2, 0.25) is 10.0 Å². The summed E-state index contributed by atoms with van der Waals surface area (Å²) in [4.78, 5) is 39.7. The average molecular weight is 683 g/mol. The van der Waals surface area contributed by atoms with Crippen molar-refractivity contribution in [3.63, 3.8) is 0 Å². The van der Waals surface area contributed by atoms with Crippen LogP contribution in [0, 0.1) is 0 Å². The second-order valence-electron chi connectivity index (χ2n) is 10.2. The van der Waals surface area contributed by atoms with Gasteiger partial charge >= 0.3 is 0 Å². The topological polar surface area (TPSA) is 96.5 Å². The van der Waals surface area contributed by atoms with Crippen molar-refractivity contribution in [2.45, 2.75) is 11.5 Å². The van der Waals surface area contributed by atoms with Crippen molar-refractivity contribution in [3.05, 3.63) is 160 Å². The SMILES string of the molecule is O=C(CSc1ccc(NC(=O)/C(=C/c2ccc(OCc3ccccc3)cc2)NC(=O)c2ccccc2)cc1)Nc1cc(Cl)cc(Cl)c1. The maximum absolute atomic E-state index is 13.4. The molecule has 0 fully saturated rings. The van der Waals surface area contributed by atoms with E-state index in [2.05, 4.69) is 16.0 Å². The summed E-state index contributed by atoms with van der Waals surface area (Å²) in [5.41, 5.74) is 3.26. The summed E-state index contributed by atoms with van der Waals surface area (Å²) >= 11 is 13.3. The fraction of sp³-hybridized carbons (Fsp3) is 0.0541. The minimum absolute atomic E-state index is 0.0630. The Morgan fingerprint density at radius 3 is 2.00 bits per heavy atom. The Bertz CT molecular complexity index is 1850. The number of thioether (sulfide) groups is 1. The molecule has 3 amide bonds. The first-order valence-electron chi connectivity index (χ1n) is 14.5. The van der Waals surface area contributed by atoms with E-state index in [-0.39, 0.29) is 17.4 Å². The number of benzene rings is 5. The number of anilines is 2. The normalized spacial score (nSPS) is 11.0. The fourth-order valence-electron chi connectivity index (χ4n) is 4.32. The zero-order chi connectivity index (χ0) is 33.0. The van der Waals surface area contributed by atoms with Gasteiger partial charge in [0.25, 0.3) is 11.8 Å². The number of hydrogen-bond donors (Lipinski definition) is 3. The lowest BCUT2D eigenvalue weighted by Crippen LogP contribution is -2.30. The van der Waals surface area contributed by atoms with Crippen molar-refractivity contribution in [1.29, 1.82) is 0 Å². The molecule has 5 aromatic rings. The number of rotatable bonds is 12. The molecule has 0 heterocycles. The highest BCUT2D eigenvalue weighted by Crippen LogP contribution is 2.24. The molecule has 10 heteroatoms. The third kappa shape index (κ3) is 10.5. The van der Waals surface area contributed by atoms with Crippen LogP contribution in [-0.2, 0) is 16.2 Å². The molecule has 0 saturated carbocycles. The quantitative estimate of drug-likeness (QED) is 0.0904. The van der Waals surface area contributed by atoms with Crippen LogP contribution in [0.15, 0.2) is 138 Å². The zero-order valence-corrected chi connectivity index (χ0v) is 27.2. The first-order chi connectivity index (χ1) is 22.8. The summed E-state index contributed by atoms with van der Waals surface area (Å²) in [7, 11) is 0. The monoisotopic (exact) mass is 681 g/mol. The number of ether oxygens (including phenoxy) is 1. The molecule has 236 valence electrons. The number of halogens is 2. The molecule has 5 aromatic carbocycles. The van der Waals surface area contributed by atoms with Gasteiger partial charge < -0.3 is 20.7 Å². The van der Waals surface area contributed by atoms with E-state index in [9.17, 15) is 14.4 Å². The van der Waals surface area contributed by atoms with E-state index >= 15 is 0 Å². The van der Waals surface area contributed by atoms with E-state index in [0.29, 0.717) is 44.9 Å². The van der Waals surface area contributed by atoms with Gasteiger partial charge in [0.05, 0.1) is 5.75 Å². The van der Waals surface area contributed by atoms with Crippen molar-refractivity contribution < 1.29 is 19.1 Å². The summed E-state index contributed by atoms with van der Waals surface area (Å²) in [6, 6.07) is 37.6. The minimum Gasteiger partial charge on any atom is -0.489 e. The number of hydrogen-bond acceptors (Lipinski definition) is 5. The average Bonchev–Trinajstić information content (AvgIpc) is 3.07. The highest BCUT2D eigenvalue weighted by Gasteiger charge is 2.15. The molecule has 0 bridgehead atoms. The maximum atomic E-state index is 13.4. The molecular formula is C37H29Cl2N3O4S. The van der Waals surface area contributed by atoms with E-state index < -0.39 is 11.8 Å². The summed E-state index contributed by atoms with van der Waals surface area (Å²) < 4.78 is 5.87. The number of carbonyl (C=O) groups excluding carboxylic acids is 3. The van der Waals surface area contributed by atoms with Crippen molar-refractivity contribution in [3.8, 4) is 5.75 Å². The first kappa shape index (κ1) is 33.3. The molecule has 3 N–H and O–H groups in total. The molecule has 5 rings (SSSR count). The van der Waals surface area contributed by atoms with Crippen LogP contribution in [0.3, 0.4) is 0 Å². The van der Waals surface area contributed by atoms with Crippen LogP contribution in [-0.4, -0.2) is 23.5 Å². The highest BCUT2D eigenvalue weighted by molar-refractivity contribution is 8.00. The van der Waals surface area contributed by atoms with Crippen LogP contribution in [0.1, 0.15) is 21.5 Å². The third-order valence-corrected chi connectivity index (χ3v) is 8.05. The summed E-state index contributed by atoms with van der Waals surface area (Å²) in [5.74, 6) is -0.303. The summed E-state index contributed by atoms with van der Waals surface area (Å²) in [5, 5.41) is 9.22. The Labute approximate surface area is 287 Å². The molecule has 0 atom stereocenters. The molecule has 0 aliphatic carbocycles. The standard InChI is InChI=1S/C37H29Cl2N3O4S/c38-28-20-29(39)22-31(21-28)40-35(43)24-47-33-17-13-30(14-18-33)41-37(45)34(42-36(44)27-9-5-2-6-10-27)19-25-11-15-32(16-12-25)46-23-26-7-3-1-4-8-26/h1-22H,23-24H2,(H,40,43)(H,41,45)(H,42,44)/b34-19-. The second-order valence-corrected chi connectivity index (χ2v) is 12.1. The largest absolute Gasteiger partial charge is 0.489 e.